The predicted molar refractivity (Wildman–Crippen MR) is 111 cm³/mol. The first-order valence-corrected chi connectivity index (χ1v) is 10.7. The lowest BCUT2D eigenvalue weighted by molar-refractivity contribution is 0.131. The molecule has 27 heavy (non-hydrogen) atoms. The van der Waals surface area contributed by atoms with E-state index in [-0.39, 0.29) is 0 Å². The molecule has 1 saturated heterocycles. The van der Waals surface area contributed by atoms with Gasteiger partial charge in [-0.1, -0.05) is 51.5 Å². The topological polar surface area (TPSA) is 50.8 Å². The summed E-state index contributed by atoms with van der Waals surface area (Å²) in [6, 6.07) is 7.51. The van der Waals surface area contributed by atoms with Crippen molar-refractivity contribution in [1.29, 1.82) is 0 Å². The van der Waals surface area contributed by atoms with Crippen LogP contribution in [0.5, 0.6) is 5.75 Å². The Hall–Kier alpha value is -1.75. The fraction of sp³-hybridized carbons (Fsp3) is 0.682. The molecule has 0 bridgehead atoms. The minimum absolute atomic E-state index is 0.403. The van der Waals surface area contributed by atoms with Gasteiger partial charge in [0.25, 0.3) is 0 Å². The standard InChI is InChI=1S/C22H36N2O3/c1-2-3-4-5-6-10-17-26-21-13-11-12-20(19-21)23-22(25)27-18-16-24-14-8-7-9-15-24/h11-13,19H,2-10,14-18H2,1H3,(H,23,25). The highest BCUT2D eigenvalue weighted by molar-refractivity contribution is 5.84. The Morgan fingerprint density at radius 3 is 2.63 bits per heavy atom. The van der Waals surface area contributed by atoms with Crippen molar-refractivity contribution in [3.8, 4) is 5.75 Å². The van der Waals surface area contributed by atoms with Gasteiger partial charge in [-0.15, -0.1) is 0 Å². The minimum atomic E-state index is -0.403. The molecule has 0 saturated carbocycles. The second kappa shape index (κ2) is 13.4. The number of carbonyl (C=O) groups is 1. The average molecular weight is 377 g/mol. The van der Waals surface area contributed by atoms with Crippen LogP contribution in [0.2, 0.25) is 0 Å². The van der Waals surface area contributed by atoms with Crippen LogP contribution in [-0.4, -0.2) is 43.8 Å². The van der Waals surface area contributed by atoms with Crippen molar-refractivity contribution in [3.63, 3.8) is 0 Å². The first-order chi connectivity index (χ1) is 13.3. The minimum Gasteiger partial charge on any atom is -0.494 e. The third kappa shape index (κ3) is 9.66. The summed E-state index contributed by atoms with van der Waals surface area (Å²) in [5.74, 6) is 0.787. The number of nitrogens with zero attached hydrogens (tertiary/aromatic N) is 1. The summed E-state index contributed by atoms with van der Waals surface area (Å²) >= 11 is 0. The van der Waals surface area contributed by atoms with Crippen LogP contribution in [0.3, 0.4) is 0 Å². The molecule has 0 aromatic heterocycles. The number of hydrogen-bond donors (Lipinski definition) is 1. The molecule has 0 aliphatic carbocycles. The van der Waals surface area contributed by atoms with Crippen LogP contribution in [0, 0.1) is 0 Å². The molecular weight excluding hydrogens is 340 g/mol. The van der Waals surface area contributed by atoms with Crippen LogP contribution in [0.4, 0.5) is 10.5 Å². The first-order valence-electron chi connectivity index (χ1n) is 10.7. The summed E-state index contributed by atoms with van der Waals surface area (Å²) < 4.78 is 11.1. The second-order valence-corrected chi connectivity index (χ2v) is 7.31. The molecule has 5 nitrogen and oxygen atoms in total. The maximum absolute atomic E-state index is 12.0. The maximum atomic E-state index is 12.0. The molecule has 1 aliphatic heterocycles. The fourth-order valence-corrected chi connectivity index (χ4v) is 3.34. The van der Waals surface area contributed by atoms with E-state index in [0.29, 0.717) is 12.3 Å². The molecule has 0 atom stereocenters. The van der Waals surface area contributed by atoms with Gasteiger partial charge in [0, 0.05) is 18.3 Å². The monoisotopic (exact) mass is 376 g/mol. The van der Waals surface area contributed by atoms with Crippen molar-refractivity contribution in [1.82, 2.24) is 4.90 Å². The SMILES string of the molecule is CCCCCCCCOc1cccc(NC(=O)OCCN2CCCCC2)c1. The van der Waals surface area contributed by atoms with E-state index in [1.807, 2.05) is 24.3 Å². The van der Waals surface area contributed by atoms with Crippen LogP contribution in [0.1, 0.15) is 64.7 Å². The number of unbranched alkanes of at least 4 members (excludes halogenated alkanes) is 5. The van der Waals surface area contributed by atoms with Gasteiger partial charge in [-0.25, -0.2) is 4.79 Å². The lowest BCUT2D eigenvalue weighted by atomic mass is 10.1. The first kappa shape index (κ1) is 21.5. The summed E-state index contributed by atoms with van der Waals surface area (Å²) in [5, 5.41) is 2.79. The van der Waals surface area contributed by atoms with Gasteiger partial charge >= 0.3 is 6.09 Å². The number of ether oxygens (including phenoxy) is 2. The summed E-state index contributed by atoms with van der Waals surface area (Å²) in [4.78, 5) is 14.3. The normalized spacial score (nSPS) is 14.7. The second-order valence-electron chi connectivity index (χ2n) is 7.31. The van der Waals surface area contributed by atoms with Gasteiger partial charge in [0.15, 0.2) is 0 Å². The third-order valence-corrected chi connectivity index (χ3v) is 4.94. The van der Waals surface area contributed by atoms with Crippen LogP contribution in [0.15, 0.2) is 24.3 Å². The maximum Gasteiger partial charge on any atom is 0.411 e. The van der Waals surface area contributed by atoms with E-state index in [9.17, 15) is 4.79 Å². The Morgan fingerprint density at radius 1 is 1.04 bits per heavy atom. The molecule has 1 aromatic carbocycles. The zero-order valence-corrected chi connectivity index (χ0v) is 16.9. The summed E-state index contributed by atoms with van der Waals surface area (Å²) in [7, 11) is 0. The van der Waals surface area contributed by atoms with E-state index < -0.39 is 6.09 Å². The van der Waals surface area contributed by atoms with E-state index in [2.05, 4.69) is 17.1 Å². The highest BCUT2D eigenvalue weighted by Crippen LogP contribution is 2.18. The van der Waals surface area contributed by atoms with Gasteiger partial charge in [0.2, 0.25) is 0 Å². The number of carbonyl (C=O) groups excluding carboxylic acids is 1. The number of piperidine rings is 1. The highest BCUT2D eigenvalue weighted by atomic mass is 16.5. The quantitative estimate of drug-likeness (QED) is 0.492. The van der Waals surface area contributed by atoms with Gasteiger partial charge in [0.1, 0.15) is 12.4 Å². The molecule has 5 heteroatoms. The zero-order valence-electron chi connectivity index (χ0n) is 16.9. The molecule has 0 radical (unpaired) electrons. The number of likely N-dealkylation sites (tertiary alicyclic amines) is 1. The van der Waals surface area contributed by atoms with Crippen LogP contribution in [0.25, 0.3) is 0 Å². The fourth-order valence-electron chi connectivity index (χ4n) is 3.34. The molecule has 0 spiro atoms. The largest absolute Gasteiger partial charge is 0.494 e. The van der Waals surface area contributed by atoms with E-state index in [4.69, 9.17) is 9.47 Å². The Balaban J connectivity index is 1.60. The van der Waals surface area contributed by atoms with E-state index in [1.54, 1.807) is 0 Å². The third-order valence-electron chi connectivity index (χ3n) is 4.94. The number of benzene rings is 1. The lowest BCUT2D eigenvalue weighted by Gasteiger charge is -2.25. The van der Waals surface area contributed by atoms with Gasteiger partial charge in [-0.2, -0.15) is 0 Å². The average Bonchev–Trinajstić information content (AvgIpc) is 2.68. The smallest absolute Gasteiger partial charge is 0.411 e. The van der Waals surface area contributed by atoms with Crippen LogP contribution >= 0.6 is 0 Å². The number of rotatable bonds is 12. The molecule has 1 amide bonds. The number of amides is 1. The van der Waals surface area contributed by atoms with Crippen molar-refractivity contribution in [3.05, 3.63) is 24.3 Å². The van der Waals surface area contributed by atoms with Gasteiger partial charge < -0.3 is 9.47 Å². The lowest BCUT2D eigenvalue weighted by Crippen LogP contribution is -2.33. The number of anilines is 1. The predicted octanol–water partition coefficient (Wildman–Crippen LogP) is 5.46. The van der Waals surface area contributed by atoms with Crippen LogP contribution < -0.4 is 10.1 Å². The molecule has 1 N–H and O–H groups in total. The Morgan fingerprint density at radius 2 is 1.81 bits per heavy atom. The van der Waals surface area contributed by atoms with E-state index in [0.717, 1.165) is 38.4 Å². The summed E-state index contributed by atoms with van der Waals surface area (Å²) in [6.07, 6.45) is 10.9. The Bertz CT molecular complexity index is 530. The summed E-state index contributed by atoms with van der Waals surface area (Å²) in [5.41, 5.74) is 0.707. The molecule has 1 aromatic rings. The molecule has 152 valence electrons. The number of nitrogens with one attached hydrogen (secondary N) is 1. The van der Waals surface area contributed by atoms with Crippen molar-refractivity contribution >= 4 is 11.8 Å². The zero-order chi connectivity index (χ0) is 19.2. The van der Waals surface area contributed by atoms with Crippen LogP contribution in [-0.2, 0) is 4.74 Å². The Labute approximate surface area is 164 Å². The van der Waals surface area contributed by atoms with Crippen molar-refractivity contribution in [2.45, 2.75) is 64.7 Å². The molecule has 1 aliphatic rings. The van der Waals surface area contributed by atoms with Crippen molar-refractivity contribution in [2.24, 2.45) is 0 Å². The molecular formula is C22H36N2O3. The number of hydrogen-bond acceptors (Lipinski definition) is 4. The molecule has 1 fully saturated rings. The van der Waals surface area contributed by atoms with Gasteiger partial charge in [-0.05, 0) is 44.5 Å². The van der Waals surface area contributed by atoms with Crippen molar-refractivity contribution in [2.75, 3.05) is 38.2 Å². The summed E-state index contributed by atoms with van der Waals surface area (Å²) in [6.45, 7) is 6.42. The molecule has 2 rings (SSSR count). The molecule has 0 unspecified atom stereocenters. The Kier molecular flexibility index (Phi) is 10.7. The van der Waals surface area contributed by atoms with Gasteiger partial charge in [-0.3, -0.25) is 10.2 Å². The van der Waals surface area contributed by atoms with E-state index in [1.165, 1.54) is 51.4 Å². The van der Waals surface area contributed by atoms with Crippen molar-refractivity contribution < 1.29 is 14.3 Å². The highest BCUT2D eigenvalue weighted by Gasteiger charge is 2.11. The van der Waals surface area contributed by atoms with Gasteiger partial charge in [0.05, 0.1) is 6.61 Å². The molecule has 1 heterocycles. The van der Waals surface area contributed by atoms with E-state index >= 15 is 0 Å².